The number of anilines is 1. The van der Waals surface area contributed by atoms with Crippen molar-refractivity contribution < 1.29 is 19.1 Å². The Morgan fingerprint density at radius 3 is 2.72 bits per heavy atom. The summed E-state index contributed by atoms with van der Waals surface area (Å²) in [5, 5.41) is 6.64. The molecule has 1 amide bonds. The molecule has 32 heavy (non-hydrogen) atoms. The lowest BCUT2D eigenvalue weighted by Gasteiger charge is -2.39. The van der Waals surface area contributed by atoms with E-state index in [-0.39, 0.29) is 24.3 Å². The molecule has 8 heteroatoms. The summed E-state index contributed by atoms with van der Waals surface area (Å²) in [4.78, 5) is 26.8. The van der Waals surface area contributed by atoms with Crippen LogP contribution in [0.4, 0.5) is 5.69 Å². The fourth-order valence-corrected chi connectivity index (χ4v) is 4.26. The molecule has 0 aromatic heterocycles. The average Bonchev–Trinajstić information content (AvgIpc) is 2.80. The molecule has 2 aromatic rings. The van der Waals surface area contributed by atoms with E-state index in [4.69, 9.17) is 21.7 Å². The molecule has 2 N–H and O–H groups in total. The number of hydrogen-bond donors (Lipinski definition) is 2. The van der Waals surface area contributed by atoms with Crippen LogP contribution in [0.15, 0.2) is 59.8 Å². The molecule has 7 nitrogen and oxygen atoms in total. The zero-order valence-electron chi connectivity index (χ0n) is 18.0. The molecular weight excluding hydrogens is 426 g/mol. The number of hydrogen-bond acceptors (Lipinski definition) is 5. The highest BCUT2D eigenvalue weighted by Gasteiger charge is 2.36. The molecule has 4 rings (SSSR count). The molecule has 1 atom stereocenters. The van der Waals surface area contributed by atoms with Gasteiger partial charge in [0.1, 0.15) is 0 Å². The minimum Gasteiger partial charge on any atom is -0.493 e. The zero-order valence-corrected chi connectivity index (χ0v) is 18.8. The largest absolute Gasteiger partial charge is 0.493 e. The Hall–Kier alpha value is -3.39. The van der Waals surface area contributed by atoms with Gasteiger partial charge in [-0.05, 0) is 54.9 Å². The van der Waals surface area contributed by atoms with Gasteiger partial charge >= 0.3 is 0 Å². The monoisotopic (exact) mass is 451 g/mol. The second kappa shape index (κ2) is 9.40. The van der Waals surface area contributed by atoms with Crippen LogP contribution < -0.4 is 20.1 Å². The first-order chi connectivity index (χ1) is 15.5. The molecule has 1 aliphatic heterocycles. The number of rotatable bonds is 6. The first-order valence-corrected chi connectivity index (χ1v) is 10.8. The molecule has 1 heterocycles. The summed E-state index contributed by atoms with van der Waals surface area (Å²) in [6.45, 7) is -0.158. The number of benzene rings is 2. The Morgan fingerprint density at radius 2 is 1.97 bits per heavy atom. The number of methoxy groups -OCH3 is 1. The van der Waals surface area contributed by atoms with Crippen LogP contribution in [0.5, 0.6) is 11.5 Å². The van der Waals surface area contributed by atoms with Gasteiger partial charge in [-0.1, -0.05) is 24.3 Å². The van der Waals surface area contributed by atoms with Gasteiger partial charge in [-0.25, -0.2) is 0 Å². The van der Waals surface area contributed by atoms with E-state index in [9.17, 15) is 9.59 Å². The maximum atomic E-state index is 12.7. The van der Waals surface area contributed by atoms with Crippen LogP contribution in [-0.4, -0.2) is 42.5 Å². The molecular formula is C24H25N3O4S. The highest BCUT2D eigenvalue weighted by atomic mass is 32.1. The molecule has 0 bridgehead atoms. The van der Waals surface area contributed by atoms with Crippen LogP contribution in [0.2, 0.25) is 0 Å². The number of ether oxygens (including phenoxy) is 2. The molecule has 0 saturated carbocycles. The van der Waals surface area contributed by atoms with Gasteiger partial charge in [0.15, 0.2) is 29.0 Å². The third kappa shape index (κ3) is 4.45. The lowest BCUT2D eigenvalue weighted by molar-refractivity contribution is -0.118. The fraction of sp³-hybridized carbons (Fsp3) is 0.292. The van der Waals surface area contributed by atoms with Crippen molar-refractivity contribution in [3.8, 4) is 11.5 Å². The van der Waals surface area contributed by atoms with Crippen LogP contribution in [0.3, 0.4) is 0 Å². The first-order valence-electron chi connectivity index (χ1n) is 10.4. The number of Topliss-reactive ketones (excluding diaryl/α,β-unsaturated/α-hetero) is 1. The van der Waals surface area contributed by atoms with E-state index in [1.165, 1.54) is 0 Å². The van der Waals surface area contributed by atoms with Crippen molar-refractivity contribution in [2.75, 3.05) is 26.1 Å². The summed E-state index contributed by atoms with van der Waals surface area (Å²) < 4.78 is 11.2. The number of carbonyl (C=O) groups is 2. The quantitative estimate of drug-likeness (QED) is 0.650. The molecule has 2 aromatic carbocycles. The second-order valence-electron chi connectivity index (χ2n) is 7.69. The Bertz CT molecular complexity index is 1080. The van der Waals surface area contributed by atoms with Crippen molar-refractivity contribution in [1.29, 1.82) is 0 Å². The van der Waals surface area contributed by atoms with Gasteiger partial charge in [0.25, 0.3) is 5.91 Å². The average molecular weight is 452 g/mol. The Morgan fingerprint density at radius 1 is 1.19 bits per heavy atom. The van der Waals surface area contributed by atoms with E-state index >= 15 is 0 Å². The summed E-state index contributed by atoms with van der Waals surface area (Å²) in [6.07, 6.45) is 2.19. The lowest BCUT2D eigenvalue weighted by Crippen LogP contribution is -2.47. The van der Waals surface area contributed by atoms with E-state index in [1.807, 2.05) is 54.4 Å². The summed E-state index contributed by atoms with van der Waals surface area (Å²) >= 11 is 5.49. The van der Waals surface area contributed by atoms with E-state index < -0.39 is 0 Å². The number of para-hydroxylation sites is 1. The third-order valence-corrected chi connectivity index (χ3v) is 6.02. The zero-order chi connectivity index (χ0) is 22.7. The fourth-order valence-electron chi connectivity index (χ4n) is 4.03. The van der Waals surface area contributed by atoms with Gasteiger partial charge in [0.05, 0.1) is 13.2 Å². The Labute approximate surface area is 192 Å². The number of carbonyl (C=O) groups excluding carboxylic acids is 2. The van der Waals surface area contributed by atoms with E-state index in [0.717, 1.165) is 29.7 Å². The number of amides is 1. The van der Waals surface area contributed by atoms with Gasteiger partial charge in [0.2, 0.25) is 0 Å². The van der Waals surface area contributed by atoms with Crippen molar-refractivity contribution in [3.63, 3.8) is 0 Å². The van der Waals surface area contributed by atoms with Crippen LogP contribution in [0.1, 0.15) is 30.9 Å². The summed E-state index contributed by atoms with van der Waals surface area (Å²) in [5.41, 5.74) is 3.28. The van der Waals surface area contributed by atoms with E-state index in [1.54, 1.807) is 13.2 Å². The van der Waals surface area contributed by atoms with Crippen LogP contribution in [0.25, 0.3) is 0 Å². The van der Waals surface area contributed by atoms with Gasteiger partial charge in [-0.3, -0.25) is 9.59 Å². The number of ketones is 1. The molecule has 0 saturated heterocycles. The van der Waals surface area contributed by atoms with Crippen molar-refractivity contribution in [3.05, 3.63) is 65.4 Å². The lowest BCUT2D eigenvalue weighted by atomic mass is 9.85. The van der Waals surface area contributed by atoms with Crippen molar-refractivity contribution in [2.24, 2.45) is 0 Å². The van der Waals surface area contributed by atoms with Crippen LogP contribution in [-0.2, 0) is 9.59 Å². The maximum Gasteiger partial charge on any atom is 0.262 e. The summed E-state index contributed by atoms with van der Waals surface area (Å²) in [5.74, 6) is 0.786. The van der Waals surface area contributed by atoms with Crippen molar-refractivity contribution >= 4 is 34.7 Å². The standard InChI is InChI=1S/C24H25N3O4S/c1-27-17-9-6-10-18(28)22(17)23(26-24(27)32)15-11-12-19(20(13-15)30-2)31-14-21(29)25-16-7-4-3-5-8-16/h3-5,7-8,11-13,23H,6,9-10,14H2,1-2H3,(H,25,29)(H,26,32). The molecule has 0 fully saturated rings. The van der Waals surface area contributed by atoms with E-state index in [0.29, 0.717) is 28.7 Å². The minimum absolute atomic E-state index is 0.134. The highest BCUT2D eigenvalue weighted by molar-refractivity contribution is 7.80. The summed E-state index contributed by atoms with van der Waals surface area (Å²) in [6, 6.07) is 14.3. The number of nitrogens with zero attached hydrogens (tertiary/aromatic N) is 1. The minimum atomic E-state index is -0.342. The predicted molar refractivity (Wildman–Crippen MR) is 126 cm³/mol. The predicted octanol–water partition coefficient (Wildman–Crippen LogP) is 3.58. The Balaban J connectivity index is 1.53. The third-order valence-electron chi connectivity index (χ3n) is 5.63. The molecule has 0 spiro atoms. The van der Waals surface area contributed by atoms with Crippen LogP contribution in [0, 0.1) is 0 Å². The topological polar surface area (TPSA) is 79.9 Å². The van der Waals surface area contributed by atoms with Gasteiger partial charge < -0.3 is 25.0 Å². The van der Waals surface area contributed by atoms with Crippen molar-refractivity contribution in [1.82, 2.24) is 10.2 Å². The van der Waals surface area contributed by atoms with E-state index in [2.05, 4.69) is 10.6 Å². The van der Waals surface area contributed by atoms with Crippen molar-refractivity contribution in [2.45, 2.75) is 25.3 Å². The normalized spacial score (nSPS) is 18.1. The van der Waals surface area contributed by atoms with Gasteiger partial charge in [0, 0.05) is 30.4 Å². The smallest absolute Gasteiger partial charge is 0.262 e. The molecule has 166 valence electrons. The molecule has 1 aliphatic carbocycles. The summed E-state index contributed by atoms with van der Waals surface area (Å²) in [7, 11) is 3.43. The highest BCUT2D eigenvalue weighted by Crippen LogP contribution is 2.39. The first kappa shape index (κ1) is 21.8. The number of nitrogens with one attached hydrogen (secondary N) is 2. The Kier molecular flexibility index (Phi) is 6.41. The molecule has 2 aliphatic rings. The number of thiocarbonyl (C=S) groups is 1. The van der Waals surface area contributed by atoms with Crippen LogP contribution >= 0.6 is 12.2 Å². The maximum absolute atomic E-state index is 12.7. The number of allylic oxidation sites excluding steroid dienone is 1. The molecule has 1 unspecified atom stereocenters. The second-order valence-corrected chi connectivity index (χ2v) is 8.08. The molecule has 0 radical (unpaired) electrons. The van der Waals surface area contributed by atoms with Gasteiger partial charge in [-0.15, -0.1) is 0 Å². The van der Waals surface area contributed by atoms with Gasteiger partial charge in [-0.2, -0.15) is 0 Å². The SMILES string of the molecule is COc1cc(C2NC(=S)N(C)C3=C2C(=O)CCC3)ccc1OCC(=O)Nc1ccccc1.